The third-order valence-electron chi connectivity index (χ3n) is 4.54. The molecule has 0 unspecified atom stereocenters. The Balaban J connectivity index is 1.73. The minimum Gasteiger partial charge on any atom is -0.331 e. The third-order valence-corrected chi connectivity index (χ3v) is 5.36. The van der Waals surface area contributed by atoms with Gasteiger partial charge in [-0.3, -0.25) is 10.1 Å². The molecule has 33 heavy (non-hydrogen) atoms. The summed E-state index contributed by atoms with van der Waals surface area (Å²) < 4.78 is 28.9. The maximum absolute atomic E-state index is 14.4. The highest BCUT2D eigenvalue weighted by Gasteiger charge is 2.15. The maximum Gasteiger partial charge on any atom is 0.326 e. The number of aromatic amines is 1. The normalized spacial score (nSPS) is 10.8. The predicted molar refractivity (Wildman–Crippen MR) is 125 cm³/mol. The molecular formula is C21H20Cl2F2N6O2. The number of amides is 2. The Bertz CT molecular complexity index is 1200. The molecule has 0 aliphatic heterocycles. The lowest BCUT2D eigenvalue weighted by molar-refractivity contribution is 0.262. The number of benzene rings is 2. The molecule has 1 aromatic heterocycles. The summed E-state index contributed by atoms with van der Waals surface area (Å²) in [6.45, 7) is 0.973. The van der Waals surface area contributed by atoms with Crippen molar-refractivity contribution in [3.63, 3.8) is 0 Å². The molecule has 0 aliphatic carbocycles. The molecule has 1 heterocycles. The first-order chi connectivity index (χ1) is 15.8. The van der Waals surface area contributed by atoms with E-state index in [-0.39, 0.29) is 44.9 Å². The number of carbonyl (C=O) groups is 1. The molecule has 0 fully saturated rings. The van der Waals surface area contributed by atoms with E-state index in [1.807, 2.05) is 0 Å². The molecule has 6 N–H and O–H groups in total. The molecule has 174 valence electrons. The molecule has 2 amide bonds. The van der Waals surface area contributed by atoms with Gasteiger partial charge in [-0.05, 0) is 49.3 Å². The number of hydrogen-bond donors (Lipinski definition) is 5. The topological polar surface area (TPSA) is 125 Å². The van der Waals surface area contributed by atoms with Gasteiger partial charge in [0.15, 0.2) is 0 Å². The van der Waals surface area contributed by atoms with E-state index in [0.717, 1.165) is 12.1 Å². The first kappa shape index (κ1) is 24.6. The first-order valence-electron chi connectivity index (χ1n) is 9.81. The predicted octanol–water partition coefficient (Wildman–Crippen LogP) is 4.10. The van der Waals surface area contributed by atoms with E-state index in [9.17, 15) is 18.4 Å². The van der Waals surface area contributed by atoms with Crippen LogP contribution in [0, 0.1) is 11.6 Å². The van der Waals surface area contributed by atoms with E-state index in [1.54, 1.807) is 12.1 Å². The molecule has 0 saturated heterocycles. The van der Waals surface area contributed by atoms with Crippen molar-refractivity contribution in [3.05, 3.63) is 74.1 Å². The van der Waals surface area contributed by atoms with Crippen molar-refractivity contribution < 1.29 is 13.6 Å². The van der Waals surface area contributed by atoms with E-state index in [4.69, 9.17) is 28.9 Å². The molecule has 0 atom stereocenters. The summed E-state index contributed by atoms with van der Waals surface area (Å²) in [5.74, 6) is -1.78. The Morgan fingerprint density at radius 1 is 1.15 bits per heavy atom. The van der Waals surface area contributed by atoms with Crippen LogP contribution >= 0.6 is 23.2 Å². The number of carbonyl (C=O) groups excluding carboxylic acids is 1. The van der Waals surface area contributed by atoms with Crippen molar-refractivity contribution in [2.75, 3.05) is 23.7 Å². The summed E-state index contributed by atoms with van der Waals surface area (Å²) in [6, 6.07) is 6.05. The van der Waals surface area contributed by atoms with E-state index >= 15 is 0 Å². The van der Waals surface area contributed by atoms with Crippen molar-refractivity contribution in [2.24, 2.45) is 5.73 Å². The van der Waals surface area contributed by atoms with E-state index in [2.05, 4.69) is 25.9 Å². The molecule has 0 saturated carbocycles. The van der Waals surface area contributed by atoms with Gasteiger partial charge in [-0.1, -0.05) is 29.3 Å². The van der Waals surface area contributed by atoms with E-state index in [1.165, 1.54) is 12.3 Å². The number of anilines is 2. The fraction of sp³-hybridized carbons (Fsp3) is 0.190. The van der Waals surface area contributed by atoms with Crippen LogP contribution in [0.2, 0.25) is 10.0 Å². The molecule has 0 spiro atoms. The molecule has 3 aromatic rings. The number of nitrogens with one attached hydrogen (secondary N) is 4. The molecule has 8 nitrogen and oxygen atoms in total. The van der Waals surface area contributed by atoms with Gasteiger partial charge in [-0.15, -0.1) is 0 Å². The van der Waals surface area contributed by atoms with Gasteiger partial charge in [0, 0.05) is 18.3 Å². The summed E-state index contributed by atoms with van der Waals surface area (Å²) in [7, 11) is 0. The number of urea groups is 1. The molecule has 2 aromatic carbocycles. The van der Waals surface area contributed by atoms with Gasteiger partial charge in [0.1, 0.15) is 11.6 Å². The Hall–Kier alpha value is -3.05. The van der Waals surface area contributed by atoms with Gasteiger partial charge in [-0.25, -0.2) is 13.6 Å². The van der Waals surface area contributed by atoms with Crippen molar-refractivity contribution >= 4 is 40.9 Å². The number of nitrogens with two attached hydrogens (primary N) is 1. The molecule has 0 bridgehead atoms. The van der Waals surface area contributed by atoms with Gasteiger partial charge < -0.3 is 21.4 Å². The van der Waals surface area contributed by atoms with Crippen molar-refractivity contribution in [2.45, 2.75) is 13.0 Å². The zero-order valence-corrected chi connectivity index (χ0v) is 18.7. The summed E-state index contributed by atoms with van der Waals surface area (Å²) in [4.78, 5) is 30.9. The summed E-state index contributed by atoms with van der Waals surface area (Å²) in [5, 5.41) is 8.11. The highest BCUT2D eigenvalue weighted by molar-refractivity contribution is 6.44. The number of rotatable bonds is 8. The van der Waals surface area contributed by atoms with Crippen LogP contribution in [-0.2, 0) is 6.54 Å². The van der Waals surface area contributed by atoms with E-state index < -0.39 is 23.2 Å². The van der Waals surface area contributed by atoms with Crippen molar-refractivity contribution in [3.8, 4) is 11.1 Å². The quantitative estimate of drug-likeness (QED) is 0.300. The average Bonchev–Trinajstić information content (AvgIpc) is 2.76. The Morgan fingerprint density at radius 2 is 1.88 bits per heavy atom. The number of aromatic nitrogens is 2. The fourth-order valence-corrected chi connectivity index (χ4v) is 3.24. The second-order valence-electron chi connectivity index (χ2n) is 6.89. The van der Waals surface area contributed by atoms with Crippen LogP contribution in [-0.4, -0.2) is 29.1 Å². The van der Waals surface area contributed by atoms with E-state index in [0.29, 0.717) is 19.5 Å². The monoisotopic (exact) mass is 496 g/mol. The lowest BCUT2D eigenvalue weighted by Gasteiger charge is -2.11. The highest BCUT2D eigenvalue weighted by atomic mass is 35.5. The number of halogens is 4. The smallest absolute Gasteiger partial charge is 0.326 e. The lowest BCUT2D eigenvalue weighted by atomic mass is 10.0. The first-order valence-corrected chi connectivity index (χ1v) is 10.6. The summed E-state index contributed by atoms with van der Waals surface area (Å²) in [6.07, 6.45) is 1.87. The zero-order valence-electron chi connectivity index (χ0n) is 17.1. The Kier molecular flexibility index (Phi) is 8.34. The van der Waals surface area contributed by atoms with Crippen LogP contribution in [0.1, 0.15) is 12.0 Å². The van der Waals surface area contributed by atoms with Crippen LogP contribution in [0.25, 0.3) is 11.1 Å². The van der Waals surface area contributed by atoms with Gasteiger partial charge in [0.25, 0.3) is 5.56 Å². The van der Waals surface area contributed by atoms with Crippen LogP contribution in [0.5, 0.6) is 0 Å². The molecule has 12 heteroatoms. The standard InChI is InChI=1S/C21H20Cl2F2N6O2/c22-14-3-1-4-17(18(14)23)29-21(33)31-20-28-10-12(19(32)30-20)11-7-15(24)13(16(25)8-11)9-27-6-2-5-26/h1,3-4,7-8,10,27H,2,5-6,9,26H2,(H3,28,29,30,31,32,33). The van der Waals surface area contributed by atoms with Crippen LogP contribution in [0.4, 0.5) is 25.2 Å². The minimum atomic E-state index is -0.801. The number of H-pyrrole nitrogens is 1. The largest absolute Gasteiger partial charge is 0.331 e. The van der Waals surface area contributed by atoms with Gasteiger partial charge in [0.2, 0.25) is 5.95 Å². The third kappa shape index (κ3) is 6.26. The van der Waals surface area contributed by atoms with Crippen LogP contribution < -0.4 is 27.2 Å². The number of nitrogens with zero attached hydrogens (tertiary/aromatic N) is 1. The highest BCUT2D eigenvalue weighted by Crippen LogP contribution is 2.29. The van der Waals surface area contributed by atoms with Gasteiger partial charge >= 0.3 is 6.03 Å². The molecule has 0 radical (unpaired) electrons. The summed E-state index contributed by atoms with van der Waals surface area (Å²) in [5.41, 5.74) is 4.64. The van der Waals surface area contributed by atoms with Gasteiger partial charge in [0.05, 0.1) is 21.3 Å². The molecular weight excluding hydrogens is 477 g/mol. The number of hydrogen-bond acceptors (Lipinski definition) is 5. The Labute approximate surface area is 197 Å². The fourth-order valence-electron chi connectivity index (χ4n) is 2.90. The van der Waals surface area contributed by atoms with Crippen molar-refractivity contribution in [1.29, 1.82) is 0 Å². The minimum absolute atomic E-state index is 0.00571. The maximum atomic E-state index is 14.4. The van der Waals surface area contributed by atoms with Crippen molar-refractivity contribution in [1.82, 2.24) is 15.3 Å². The average molecular weight is 497 g/mol. The lowest BCUT2D eigenvalue weighted by Crippen LogP contribution is -2.23. The van der Waals surface area contributed by atoms with Crippen LogP contribution in [0.15, 0.2) is 41.3 Å². The van der Waals surface area contributed by atoms with Gasteiger partial charge in [-0.2, -0.15) is 4.98 Å². The van der Waals surface area contributed by atoms with Crippen LogP contribution in [0.3, 0.4) is 0 Å². The molecule has 3 rings (SSSR count). The summed E-state index contributed by atoms with van der Waals surface area (Å²) >= 11 is 11.9. The zero-order chi connectivity index (χ0) is 24.0. The second kappa shape index (κ2) is 11.2. The molecule has 0 aliphatic rings. The second-order valence-corrected chi connectivity index (χ2v) is 7.67. The SMILES string of the molecule is NCCCNCc1c(F)cc(-c2c[nH]c(NC(=O)Nc3cccc(Cl)c3Cl)nc2=O)cc1F. The Morgan fingerprint density at radius 3 is 2.55 bits per heavy atom.